The van der Waals surface area contributed by atoms with E-state index in [1.807, 2.05) is 47.6 Å². The van der Waals surface area contributed by atoms with Crippen LogP contribution in [0.3, 0.4) is 0 Å². The number of morpholine rings is 1. The highest BCUT2D eigenvalue weighted by molar-refractivity contribution is 6.32. The fraction of sp³-hybridized carbons (Fsp3) is 0.583. The van der Waals surface area contributed by atoms with Gasteiger partial charge in [-0.05, 0) is 33.8 Å². The molecule has 0 unspecified atom stereocenters. The first-order valence-electron chi connectivity index (χ1n) is 22.4. The molecule has 6 aliphatic heterocycles. The Morgan fingerprint density at radius 3 is 2.17 bits per heavy atom. The molecular weight excluding hydrogens is 843 g/mol. The number of Topliss-reactive ketones (excluding diaryl/α,β-unsaturated/α-hetero) is 4. The third-order valence-corrected chi connectivity index (χ3v) is 13.5. The number of likely N-dealkylation sites (tertiary alicyclic amines) is 1. The van der Waals surface area contributed by atoms with Gasteiger partial charge in [0.1, 0.15) is 34.8 Å². The van der Waals surface area contributed by atoms with E-state index >= 15 is 0 Å². The van der Waals surface area contributed by atoms with E-state index in [9.17, 15) is 33.9 Å². The third kappa shape index (κ3) is 8.99. The summed E-state index contributed by atoms with van der Waals surface area (Å²) in [5.41, 5.74) is -1.30. The lowest BCUT2D eigenvalue weighted by Gasteiger charge is -2.50. The van der Waals surface area contributed by atoms with Gasteiger partial charge in [-0.15, -0.1) is 0 Å². The van der Waals surface area contributed by atoms with Crippen molar-refractivity contribution in [1.82, 2.24) is 15.1 Å². The number of carbonyl (C=O) groups excluding carboxylic acids is 6. The Morgan fingerprint density at radius 1 is 0.846 bits per heavy atom. The van der Waals surface area contributed by atoms with Crippen molar-refractivity contribution in [1.29, 1.82) is 0 Å². The molecule has 0 saturated carbocycles. The summed E-state index contributed by atoms with van der Waals surface area (Å²) in [5, 5.41) is 14.3. The second kappa shape index (κ2) is 18.5. The van der Waals surface area contributed by atoms with Gasteiger partial charge in [-0.2, -0.15) is 0 Å². The topological polar surface area (TPSA) is 206 Å². The number of aromatic hydroxyl groups is 1. The molecule has 1 aromatic carbocycles. The van der Waals surface area contributed by atoms with Gasteiger partial charge in [-0.1, -0.05) is 45.9 Å². The zero-order chi connectivity index (χ0) is 47.3. The monoisotopic (exact) mass is 903 g/mol. The van der Waals surface area contributed by atoms with Crippen LogP contribution in [-0.4, -0.2) is 133 Å². The van der Waals surface area contributed by atoms with Crippen LogP contribution in [0.5, 0.6) is 11.5 Å². The molecule has 3 saturated heterocycles. The number of rotatable bonds is 3. The molecule has 17 nitrogen and oxygen atoms in total. The van der Waals surface area contributed by atoms with Gasteiger partial charge in [0.2, 0.25) is 11.6 Å². The van der Waals surface area contributed by atoms with Crippen molar-refractivity contribution in [3.8, 4) is 11.5 Å². The van der Waals surface area contributed by atoms with Crippen LogP contribution in [0.25, 0.3) is 0 Å². The predicted molar refractivity (Wildman–Crippen MR) is 233 cm³/mol. The first-order chi connectivity index (χ1) is 30.7. The van der Waals surface area contributed by atoms with E-state index < -0.39 is 88.5 Å². The van der Waals surface area contributed by atoms with Crippen molar-refractivity contribution < 1.29 is 67.0 Å². The molecule has 1 aromatic rings. The summed E-state index contributed by atoms with van der Waals surface area (Å²) < 4.78 is 43.4. The molecule has 352 valence electrons. The lowest BCUT2D eigenvalue weighted by Crippen LogP contribution is -2.57. The van der Waals surface area contributed by atoms with Crippen molar-refractivity contribution in [2.45, 2.75) is 111 Å². The summed E-state index contributed by atoms with van der Waals surface area (Å²) in [6.07, 6.45) is 5.38. The molecule has 8 rings (SSSR count). The third-order valence-electron chi connectivity index (χ3n) is 13.5. The van der Waals surface area contributed by atoms with Crippen molar-refractivity contribution in [2.75, 3.05) is 46.5 Å². The number of benzene rings is 1. The number of nitrogens with one attached hydrogen (secondary N) is 1. The second-order valence-electron chi connectivity index (χ2n) is 18.5. The second-order valence-corrected chi connectivity index (χ2v) is 18.5. The van der Waals surface area contributed by atoms with Gasteiger partial charge in [0.15, 0.2) is 5.79 Å². The Labute approximate surface area is 379 Å². The number of methoxy groups -OCH3 is 1. The van der Waals surface area contributed by atoms with Crippen molar-refractivity contribution in [2.24, 2.45) is 23.7 Å². The van der Waals surface area contributed by atoms with Crippen LogP contribution in [0, 0.1) is 30.6 Å². The average molecular weight is 904 g/mol. The SMILES string of the molecule is CO[C@H]1C=CO[C@@]2(C)Oc3c(C)c(O)c4c(c3C2=O)C(=O)C(N2CCOCC2)=C(NC(=O)C(C)=CC=C[C@H](C)[C@@H]2OC(C)(C)O[C@@H]([C@@H](C)[C@H](OC(=O)N3CCC(=O)CC3)[C@@H]1C)[C@@H]2C)C4=O. The number of phenolic OH excluding ortho intramolecular Hbond substituents is 1. The lowest BCUT2D eigenvalue weighted by molar-refractivity contribution is -0.336. The van der Waals surface area contributed by atoms with E-state index in [2.05, 4.69) is 5.32 Å². The number of hydrogen-bond acceptors (Lipinski definition) is 15. The van der Waals surface area contributed by atoms with E-state index in [1.54, 1.807) is 30.1 Å². The Kier molecular flexibility index (Phi) is 13.5. The smallest absolute Gasteiger partial charge is 0.410 e. The van der Waals surface area contributed by atoms with E-state index in [0.717, 1.165) is 0 Å². The molecule has 6 heterocycles. The number of carbonyl (C=O) groups is 6. The Bertz CT molecular complexity index is 2260. The van der Waals surface area contributed by atoms with Crippen LogP contribution in [0.1, 0.15) is 105 Å². The molecule has 17 heteroatoms. The number of allylic oxidation sites excluding steroid dienone is 4. The summed E-state index contributed by atoms with van der Waals surface area (Å²) in [4.78, 5) is 87.1. The maximum absolute atomic E-state index is 14.8. The minimum Gasteiger partial charge on any atom is -0.507 e. The number of ketones is 4. The predicted octanol–water partition coefficient (Wildman–Crippen LogP) is 5.33. The van der Waals surface area contributed by atoms with Crippen LogP contribution in [0.2, 0.25) is 0 Å². The van der Waals surface area contributed by atoms with Crippen molar-refractivity contribution in [3.63, 3.8) is 0 Å². The summed E-state index contributed by atoms with van der Waals surface area (Å²) in [6.45, 7) is 17.2. The van der Waals surface area contributed by atoms with Crippen LogP contribution in [0.15, 0.2) is 47.5 Å². The first kappa shape index (κ1) is 47.6. The van der Waals surface area contributed by atoms with Crippen LogP contribution in [0.4, 0.5) is 4.79 Å². The molecule has 3 fully saturated rings. The van der Waals surface area contributed by atoms with E-state index in [0.29, 0.717) is 0 Å². The Hall–Kier alpha value is -5.36. The number of amides is 2. The van der Waals surface area contributed by atoms with Gasteiger partial charge in [0.05, 0.1) is 54.5 Å². The normalized spacial score (nSPS) is 32.2. The molecule has 2 amide bonds. The first-order valence-corrected chi connectivity index (χ1v) is 22.4. The number of fused-ring (bicyclic) bond motifs is 10. The number of phenols is 1. The summed E-state index contributed by atoms with van der Waals surface area (Å²) >= 11 is 0. The highest BCUT2D eigenvalue weighted by Gasteiger charge is 2.54. The zero-order valence-electron chi connectivity index (χ0n) is 38.8. The highest BCUT2D eigenvalue weighted by atomic mass is 16.7. The van der Waals surface area contributed by atoms with Crippen LogP contribution >= 0.6 is 0 Å². The van der Waals surface area contributed by atoms with E-state index in [1.165, 1.54) is 32.1 Å². The Balaban J connectivity index is 1.34. The molecule has 7 aliphatic rings. The molecule has 9 atom stereocenters. The van der Waals surface area contributed by atoms with Crippen LogP contribution < -0.4 is 10.1 Å². The molecule has 7 bridgehead atoms. The molecule has 0 radical (unpaired) electrons. The van der Waals surface area contributed by atoms with Gasteiger partial charge in [-0.25, -0.2) is 4.79 Å². The van der Waals surface area contributed by atoms with Gasteiger partial charge < -0.3 is 53.4 Å². The maximum Gasteiger partial charge on any atom is 0.410 e. The summed E-state index contributed by atoms with van der Waals surface area (Å²) in [6, 6.07) is 0. The van der Waals surface area contributed by atoms with Crippen molar-refractivity contribution >= 4 is 35.1 Å². The average Bonchev–Trinajstić information content (AvgIpc) is 3.54. The molecule has 2 N–H and O–H groups in total. The minimum atomic E-state index is -2.08. The van der Waals surface area contributed by atoms with Gasteiger partial charge >= 0.3 is 11.9 Å². The standard InChI is InChI=1S/C48H61N3O14/c1-24-12-11-13-25(2)45(57)49-35-36(50-19-22-60-23-20-50)39(55)32-33(38(35)54)37(53)27(4)43-34(32)44(56)48(9,65-43)61-21-16-31(59-10)26(3)41(62-46(58)51-17-14-30(52)15-18-51)29(6)42-28(5)40(24)63-47(7,8)64-42/h11-13,16,21,24,26,28-29,31,40-42,53H,14-15,17-20,22-23H2,1-10H3,(H,49,57)/t24-,26+,28+,29-,31-,40-,41+,42+,48-/m0/s1. The summed E-state index contributed by atoms with van der Waals surface area (Å²) in [7, 11) is 1.49. The molecule has 0 spiro atoms. The number of hydrogen-bond donors (Lipinski definition) is 2. The van der Waals surface area contributed by atoms with Crippen LogP contribution in [-0.2, 0) is 38.0 Å². The fourth-order valence-corrected chi connectivity index (χ4v) is 9.79. The largest absolute Gasteiger partial charge is 0.507 e. The minimum absolute atomic E-state index is 0.0137. The summed E-state index contributed by atoms with van der Waals surface area (Å²) in [5.74, 6) is -8.35. The Morgan fingerprint density at radius 2 is 1.51 bits per heavy atom. The number of nitrogens with zero attached hydrogens (tertiary/aromatic N) is 2. The van der Waals surface area contributed by atoms with E-state index in [4.69, 9.17) is 33.2 Å². The molecule has 1 aliphatic carbocycles. The zero-order valence-corrected chi connectivity index (χ0v) is 38.8. The highest BCUT2D eigenvalue weighted by Crippen LogP contribution is 2.49. The van der Waals surface area contributed by atoms with Gasteiger partial charge in [0.25, 0.3) is 11.7 Å². The maximum atomic E-state index is 14.8. The van der Waals surface area contributed by atoms with E-state index in [-0.39, 0.29) is 109 Å². The number of ether oxygens (including phenoxy) is 7. The molecule has 65 heavy (non-hydrogen) atoms. The lowest BCUT2D eigenvalue weighted by atomic mass is 9.77. The van der Waals surface area contributed by atoms with Crippen molar-refractivity contribution in [3.05, 3.63) is 69.8 Å². The quantitative estimate of drug-likeness (QED) is 0.394. The fourth-order valence-electron chi connectivity index (χ4n) is 9.79. The number of piperidine rings is 1. The molecular formula is C48H61N3O14. The molecule has 0 aromatic heterocycles. The van der Waals surface area contributed by atoms with Gasteiger partial charge in [-0.3, -0.25) is 24.0 Å². The van der Waals surface area contributed by atoms with Gasteiger partial charge in [0, 0.05) is 87.9 Å².